The van der Waals surface area contributed by atoms with Gasteiger partial charge in [0.2, 0.25) is 5.91 Å². The second-order valence-corrected chi connectivity index (χ2v) is 6.16. The molecule has 1 aliphatic rings. The van der Waals surface area contributed by atoms with Crippen LogP contribution in [0, 0.1) is 5.92 Å². The van der Waals surface area contributed by atoms with E-state index in [1.54, 1.807) is 4.90 Å². The van der Waals surface area contributed by atoms with Crippen molar-refractivity contribution in [1.82, 2.24) is 4.90 Å². The summed E-state index contributed by atoms with van der Waals surface area (Å²) >= 11 is 0. The second-order valence-electron chi connectivity index (χ2n) is 4.74. The third kappa shape index (κ3) is 6.15. The van der Waals surface area contributed by atoms with Crippen molar-refractivity contribution in [3.8, 4) is 0 Å². The maximum atomic E-state index is 12.6. The van der Waals surface area contributed by atoms with Crippen LogP contribution in [0.4, 0.5) is 3.89 Å². The monoisotopic (exact) mass is 311 g/mol. The van der Waals surface area contributed by atoms with E-state index in [2.05, 4.69) is 0 Å². The van der Waals surface area contributed by atoms with Gasteiger partial charge in [0, 0.05) is 45.1 Å². The Balaban J connectivity index is 2.42. The fraction of sp³-hybridized carbons (Fsp3) is 0.917. The fourth-order valence-electron chi connectivity index (χ4n) is 2.31. The molecule has 1 atom stereocenters. The molecule has 20 heavy (non-hydrogen) atoms. The number of carbonyl (C=O) groups excluding carboxylic acids is 1. The molecule has 1 heterocycles. The van der Waals surface area contributed by atoms with E-state index in [0.717, 1.165) is 0 Å². The van der Waals surface area contributed by atoms with Gasteiger partial charge in [0.1, 0.15) is 0 Å². The number of halogens is 1. The number of carbonyl (C=O) groups is 1. The summed E-state index contributed by atoms with van der Waals surface area (Å²) in [4.78, 5) is 13.3. The highest BCUT2D eigenvalue weighted by atomic mass is 32.3. The van der Waals surface area contributed by atoms with Gasteiger partial charge in [-0.25, -0.2) is 0 Å². The largest absolute Gasteiger partial charge is 0.353 e. The Morgan fingerprint density at radius 2 is 1.95 bits per heavy atom. The minimum absolute atomic E-state index is 0.0804. The highest BCUT2D eigenvalue weighted by Gasteiger charge is 2.32. The zero-order valence-electron chi connectivity index (χ0n) is 11.9. The molecule has 1 rings (SSSR count). The van der Waals surface area contributed by atoms with Crippen LogP contribution >= 0.6 is 0 Å². The lowest BCUT2D eigenvalue weighted by Crippen LogP contribution is -2.31. The molecular weight excluding hydrogens is 289 g/mol. The Morgan fingerprint density at radius 3 is 2.45 bits per heavy atom. The molecule has 0 aromatic carbocycles. The Labute approximate surface area is 119 Å². The van der Waals surface area contributed by atoms with Crippen LogP contribution in [0.2, 0.25) is 0 Å². The van der Waals surface area contributed by atoms with Crippen LogP contribution in [-0.4, -0.2) is 57.6 Å². The van der Waals surface area contributed by atoms with Gasteiger partial charge in [-0.05, 0) is 13.8 Å². The van der Waals surface area contributed by atoms with E-state index in [1.165, 1.54) is 0 Å². The Kier molecular flexibility index (Phi) is 6.84. The quantitative estimate of drug-likeness (QED) is 0.468. The third-order valence-electron chi connectivity index (χ3n) is 3.07. The molecule has 0 aromatic heterocycles. The molecule has 0 saturated carbocycles. The normalized spacial score (nSPS) is 20.1. The molecule has 0 bridgehead atoms. The summed E-state index contributed by atoms with van der Waals surface area (Å²) in [5.41, 5.74) is 0. The van der Waals surface area contributed by atoms with Crippen molar-refractivity contribution >= 4 is 16.1 Å². The average Bonchev–Trinajstić information content (AvgIpc) is 2.64. The summed E-state index contributed by atoms with van der Waals surface area (Å²) in [6.45, 7) is 5.44. The Morgan fingerprint density at radius 1 is 1.35 bits per heavy atom. The van der Waals surface area contributed by atoms with Gasteiger partial charge in [-0.3, -0.25) is 4.79 Å². The number of rotatable bonds is 9. The highest BCUT2D eigenvalue weighted by Crippen LogP contribution is 2.20. The smallest absolute Gasteiger partial charge is 0.302 e. The van der Waals surface area contributed by atoms with Crippen molar-refractivity contribution in [2.75, 3.05) is 32.1 Å². The summed E-state index contributed by atoms with van der Waals surface area (Å²) < 4.78 is 44.6. The SMILES string of the molecule is CCOC(CCN1CC(CS(=O)(=O)F)CC1=O)OCC. The predicted molar refractivity (Wildman–Crippen MR) is 71.2 cm³/mol. The molecule has 8 heteroatoms. The predicted octanol–water partition coefficient (Wildman–Crippen LogP) is 0.923. The maximum absolute atomic E-state index is 12.6. The summed E-state index contributed by atoms with van der Waals surface area (Å²) in [6, 6.07) is 0. The van der Waals surface area contributed by atoms with Crippen LogP contribution < -0.4 is 0 Å². The number of likely N-dealkylation sites (tertiary alicyclic amines) is 1. The van der Waals surface area contributed by atoms with Gasteiger partial charge in [0.05, 0.1) is 5.75 Å². The molecule has 1 aliphatic heterocycles. The average molecular weight is 311 g/mol. The van der Waals surface area contributed by atoms with E-state index in [1.807, 2.05) is 13.8 Å². The second kappa shape index (κ2) is 7.90. The molecule has 0 spiro atoms. The Bertz CT molecular complexity index is 408. The zero-order valence-corrected chi connectivity index (χ0v) is 12.7. The van der Waals surface area contributed by atoms with Gasteiger partial charge in [0.15, 0.2) is 6.29 Å². The Hall–Kier alpha value is -0.730. The standard InChI is InChI=1S/C12H22FNO5S/c1-3-18-12(19-4-2)5-6-14-8-10(7-11(14)15)9-20(13,16)17/h10,12H,3-9H2,1-2H3. The molecule has 0 aliphatic carbocycles. The maximum Gasteiger partial charge on any atom is 0.302 e. The number of hydrogen-bond donors (Lipinski definition) is 0. The summed E-state index contributed by atoms with van der Waals surface area (Å²) in [7, 11) is -4.53. The number of hydrogen-bond acceptors (Lipinski definition) is 5. The summed E-state index contributed by atoms with van der Waals surface area (Å²) in [5, 5.41) is 0. The summed E-state index contributed by atoms with van der Waals surface area (Å²) in [5.74, 6) is -1.20. The molecule has 1 amide bonds. The van der Waals surface area contributed by atoms with E-state index in [0.29, 0.717) is 26.2 Å². The molecule has 0 radical (unpaired) electrons. The van der Waals surface area contributed by atoms with Crippen LogP contribution in [0.25, 0.3) is 0 Å². The zero-order chi connectivity index (χ0) is 15.2. The van der Waals surface area contributed by atoms with Crippen LogP contribution in [0.3, 0.4) is 0 Å². The molecule has 118 valence electrons. The first kappa shape index (κ1) is 17.3. The van der Waals surface area contributed by atoms with E-state index in [-0.39, 0.29) is 25.2 Å². The van der Waals surface area contributed by atoms with Crippen molar-refractivity contribution < 1.29 is 26.6 Å². The molecule has 0 N–H and O–H groups in total. The topological polar surface area (TPSA) is 72.9 Å². The lowest BCUT2D eigenvalue weighted by molar-refractivity contribution is -0.144. The van der Waals surface area contributed by atoms with E-state index < -0.39 is 21.9 Å². The van der Waals surface area contributed by atoms with E-state index >= 15 is 0 Å². The van der Waals surface area contributed by atoms with Crippen molar-refractivity contribution in [3.05, 3.63) is 0 Å². The molecular formula is C12H22FNO5S. The first-order chi connectivity index (χ1) is 9.35. The molecule has 1 unspecified atom stereocenters. The lowest BCUT2D eigenvalue weighted by atomic mass is 10.1. The molecule has 1 saturated heterocycles. The molecule has 6 nitrogen and oxygen atoms in total. The van der Waals surface area contributed by atoms with Crippen LogP contribution in [0.15, 0.2) is 0 Å². The van der Waals surface area contributed by atoms with Gasteiger partial charge in [-0.2, -0.15) is 8.42 Å². The van der Waals surface area contributed by atoms with Crippen molar-refractivity contribution in [2.45, 2.75) is 33.0 Å². The highest BCUT2D eigenvalue weighted by molar-refractivity contribution is 7.86. The first-order valence-corrected chi connectivity index (χ1v) is 8.34. The van der Waals surface area contributed by atoms with Crippen molar-refractivity contribution in [2.24, 2.45) is 5.92 Å². The van der Waals surface area contributed by atoms with Gasteiger partial charge in [0.25, 0.3) is 0 Å². The van der Waals surface area contributed by atoms with Crippen LogP contribution in [0.5, 0.6) is 0 Å². The first-order valence-electron chi connectivity index (χ1n) is 6.79. The summed E-state index contributed by atoms with van der Waals surface area (Å²) in [6.07, 6.45) is 0.223. The minimum Gasteiger partial charge on any atom is -0.353 e. The third-order valence-corrected chi connectivity index (χ3v) is 3.94. The number of ether oxygens (including phenoxy) is 2. The minimum atomic E-state index is -4.53. The number of amides is 1. The van der Waals surface area contributed by atoms with E-state index in [9.17, 15) is 17.1 Å². The lowest BCUT2D eigenvalue weighted by Gasteiger charge is -2.21. The van der Waals surface area contributed by atoms with Gasteiger partial charge < -0.3 is 14.4 Å². The van der Waals surface area contributed by atoms with Crippen molar-refractivity contribution in [1.29, 1.82) is 0 Å². The van der Waals surface area contributed by atoms with Gasteiger partial charge in [-0.15, -0.1) is 3.89 Å². The number of nitrogens with zero attached hydrogens (tertiary/aromatic N) is 1. The van der Waals surface area contributed by atoms with Gasteiger partial charge in [-0.1, -0.05) is 0 Å². The fourth-order valence-corrected chi connectivity index (χ4v) is 3.10. The van der Waals surface area contributed by atoms with Gasteiger partial charge >= 0.3 is 10.2 Å². The molecule has 1 fully saturated rings. The van der Waals surface area contributed by atoms with Crippen LogP contribution in [0.1, 0.15) is 26.7 Å². The molecule has 0 aromatic rings. The van der Waals surface area contributed by atoms with Crippen molar-refractivity contribution in [3.63, 3.8) is 0 Å². The van der Waals surface area contributed by atoms with Crippen LogP contribution in [-0.2, 0) is 24.5 Å². The van der Waals surface area contributed by atoms with E-state index in [4.69, 9.17) is 9.47 Å².